The Morgan fingerprint density at radius 3 is 1.83 bits per heavy atom. The molecule has 0 amide bonds. The molecule has 1 aromatic carbocycles. The summed E-state index contributed by atoms with van der Waals surface area (Å²) in [5, 5.41) is 0. The van der Waals surface area contributed by atoms with Crippen molar-refractivity contribution in [3.8, 4) is 0 Å². The monoisotopic (exact) mass is 436 g/mol. The predicted molar refractivity (Wildman–Crippen MR) is 104 cm³/mol. The lowest BCUT2D eigenvalue weighted by molar-refractivity contribution is -0.0387. The molecule has 164 valence electrons. The molecule has 3 rings (SSSR count). The number of hydrogen-bond donors (Lipinski definition) is 0. The summed E-state index contributed by atoms with van der Waals surface area (Å²) in [5.41, 5.74) is -4.80. The Hall–Kier alpha value is -0.980. The second-order valence-corrected chi connectivity index (χ2v) is 10.1. The van der Waals surface area contributed by atoms with Gasteiger partial charge in [0.05, 0.1) is 0 Å². The van der Waals surface area contributed by atoms with Crippen LogP contribution in [-0.4, -0.2) is 9.72 Å². The van der Waals surface area contributed by atoms with Gasteiger partial charge in [-0.2, -0.15) is 13.2 Å². The molecule has 0 saturated heterocycles. The van der Waals surface area contributed by atoms with Crippen LogP contribution in [0.5, 0.6) is 0 Å². The summed E-state index contributed by atoms with van der Waals surface area (Å²) < 4.78 is 77.6. The van der Waals surface area contributed by atoms with E-state index in [1.807, 2.05) is 0 Å². The summed E-state index contributed by atoms with van der Waals surface area (Å²) in [5.74, 6) is -0.562. The second-order valence-electron chi connectivity index (χ2n) is 8.71. The third-order valence-corrected chi connectivity index (χ3v) is 8.10. The van der Waals surface area contributed by atoms with E-state index in [1.165, 1.54) is 38.5 Å². The summed E-state index contributed by atoms with van der Waals surface area (Å²) in [6.45, 7) is 2.23. The summed E-state index contributed by atoms with van der Waals surface area (Å²) in [4.78, 5) is -1.39. The zero-order chi connectivity index (χ0) is 21.2. The average Bonchev–Trinajstić information content (AvgIpc) is 2.67. The van der Waals surface area contributed by atoms with Crippen LogP contribution >= 0.6 is 0 Å². The molecule has 29 heavy (non-hydrogen) atoms. The highest BCUT2D eigenvalue weighted by Gasteiger charge is 2.41. The summed E-state index contributed by atoms with van der Waals surface area (Å²) >= 11 is 0. The third kappa shape index (κ3) is 5.39. The first kappa shape index (κ1) is 22.7. The Bertz CT molecular complexity index is 693. The van der Waals surface area contributed by atoms with E-state index >= 15 is 0 Å². The van der Waals surface area contributed by atoms with Crippen LogP contribution < -0.4 is 0 Å². The van der Waals surface area contributed by atoms with Crippen LogP contribution in [0.2, 0.25) is 0 Å². The van der Waals surface area contributed by atoms with Gasteiger partial charge in [-0.25, -0.2) is 13.0 Å². The third-order valence-electron chi connectivity index (χ3n) is 6.91. The number of alkyl halides is 3. The lowest BCUT2D eigenvalue weighted by atomic mass is 9.68. The van der Waals surface area contributed by atoms with Crippen LogP contribution in [0, 0.1) is 29.4 Å². The van der Waals surface area contributed by atoms with Crippen molar-refractivity contribution in [2.24, 2.45) is 17.8 Å². The van der Waals surface area contributed by atoms with Crippen LogP contribution in [-0.2, 0) is 10.8 Å². The molecule has 2 saturated carbocycles. The molecule has 1 nitrogen and oxygen atoms in total. The van der Waals surface area contributed by atoms with Gasteiger partial charge in [0, 0.05) is 0 Å². The van der Waals surface area contributed by atoms with Crippen LogP contribution in [0.15, 0.2) is 17.0 Å². The molecule has 1 unspecified atom stereocenters. The molecular weight excluding hydrogens is 407 g/mol. The van der Waals surface area contributed by atoms with Crippen molar-refractivity contribution >= 4 is 10.8 Å². The minimum atomic E-state index is -5.18. The highest BCUT2D eigenvalue weighted by molar-refractivity contribution is 7.86. The molecule has 0 N–H and O–H groups in total. The molecule has 0 radical (unpaired) electrons. The summed E-state index contributed by atoms with van der Waals surface area (Å²) in [6, 6.07) is 1.89. The van der Waals surface area contributed by atoms with Crippen LogP contribution in [0.25, 0.3) is 0 Å². The fraction of sp³-hybridized carbons (Fsp3) is 0.727. The number of benzene rings is 1. The van der Waals surface area contributed by atoms with Crippen LogP contribution in [0.4, 0.5) is 22.0 Å². The van der Waals surface area contributed by atoms with E-state index in [2.05, 4.69) is 6.92 Å². The lowest BCUT2D eigenvalue weighted by Crippen LogP contribution is -2.25. The summed E-state index contributed by atoms with van der Waals surface area (Å²) in [6.07, 6.45) is 11.2. The van der Waals surface area contributed by atoms with Crippen molar-refractivity contribution in [3.63, 3.8) is 0 Å². The normalized spacial score (nSPS) is 29.6. The molecule has 0 aromatic heterocycles. The van der Waals surface area contributed by atoms with Gasteiger partial charge < -0.3 is 0 Å². The molecular formula is C22H29F5OS. The number of hydrogen-bond acceptors (Lipinski definition) is 1. The second kappa shape index (κ2) is 9.44. The van der Waals surface area contributed by atoms with Gasteiger partial charge in [-0.15, -0.1) is 0 Å². The molecule has 0 aliphatic heterocycles. The van der Waals surface area contributed by atoms with Crippen molar-refractivity contribution in [2.75, 3.05) is 0 Å². The van der Waals surface area contributed by atoms with E-state index in [1.54, 1.807) is 0 Å². The zero-order valence-electron chi connectivity index (χ0n) is 16.7. The van der Waals surface area contributed by atoms with E-state index in [9.17, 15) is 26.2 Å². The summed E-state index contributed by atoms with van der Waals surface area (Å²) in [7, 11) is -3.70. The van der Waals surface area contributed by atoms with Gasteiger partial charge in [0.15, 0.2) is 10.8 Å². The Balaban J connectivity index is 1.61. The minimum absolute atomic E-state index is 0.0555. The van der Waals surface area contributed by atoms with Crippen LogP contribution in [0.1, 0.15) is 82.6 Å². The first-order chi connectivity index (χ1) is 13.7. The fourth-order valence-corrected chi connectivity index (χ4v) is 6.09. The van der Waals surface area contributed by atoms with Crippen molar-refractivity contribution in [2.45, 2.75) is 87.5 Å². The molecule has 1 atom stereocenters. The Morgan fingerprint density at radius 1 is 0.897 bits per heavy atom. The molecule has 7 heteroatoms. The topological polar surface area (TPSA) is 17.1 Å². The molecule has 2 aliphatic rings. The van der Waals surface area contributed by atoms with Gasteiger partial charge in [0.1, 0.15) is 16.5 Å². The Labute approximate surface area is 171 Å². The predicted octanol–water partition coefficient (Wildman–Crippen LogP) is 7.47. The quantitative estimate of drug-likeness (QED) is 0.438. The smallest absolute Gasteiger partial charge is 0.245 e. The van der Waals surface area contributed by atoms with E-state index in [0.29, 0.717) is 11.5 Å². The lowest BCUT2D eigenvalue weighted by Gasteiger charge is -2.38. The van der Waals surface area contributed by atoms with E-state index < -0.39 is 32.8 Å². The molecule has 1 aromatic rings. The van der Waals surface area contributed by atoms with E-state index in [0.717, 1.165) is 49.7 Å². The van der Waals surface area contributed by atoms with Gasteiger partial charge in [-0.1, -0.05) is 32.6 Å². The SMILES string of the molecule is CCCC1CCC(C2CCC(c3cc(F)c(S(=O)C(F)(F)F)c(F)c3)CC2)CC1. The average molecular weight is 437 g/mol. The largest absolute Gasteiger partial charge is 0.476 e. The first-order valence-corrected chi connectivity index (χ1v) is 11.8. The Kier molecular flexibility index (Phi) is 7.39. The maximum absolute atomic E-state index is 14.2. The van der Waals surface area contributed by atoms with E-state index in [4.69, 9.17) is 0 Å². The van der Waals surface area contributed by atoms with Gasteiger partial charge in [-0.3, -0.25) is 0 Å². The van der Waals surface area contributed by atoms with Crippen LogP contribution in [0.3, 0.4) is 0 Å². The van der Waals surface area contributed by atoms with Gasteiger partial charge in [0.2, 0.25) is 0 Å². The van der Waals surface area contributed by atoms with E-state index in [-0.39, 0.29) is 5.92 Å². The zero-order valence-corrected chi connectivity index (χ0v) is 17.6. The first-order valence-electron chi connectivity index (χ1n) is 10.7. The minimum Gasteiger partial charge on any atom is -0.245 e. The molecule has 0 bridgehead atoms. The number of halogens is 5. The van der Waals surface area contributed by atoms with Gasteiger partial charge in [0.25, 0.3) is 0 Å². The van der Waals surface area contributed by atoms with Gasteiger partial charge >= 0.3 is 5.51 Å². The molecule has 0 heterocycles. The standard InChI is InChI=1S/C22H29F5OS/c1-2-3-14-4-6-15(7-5-14)16-8-10-17(11-9-16)18-12-19(23)21(20(24)13-18)29(28)22(25,26)27/h12-17H,2-11H2,1H3. The molecule has 2 aliphatic carbocycles. The van der Waals surface area contributed by atoms with Gasteiger partial charge in [-0.05, 0) is 79.9 Å². The highest BCUT2D eigenvalue weighted by Crippen LogP contribution is 2.45. The highest BCUT2D eigenvalue weighted by atomic mass is 32.2. The van der Waals surface area contributed by atoms with Crippen molar-refractivity contribution in [1.29, 1.82) is 0 Å². The molecule has 0 spiro atoms. The van der Waals surface area contributed by atoms with Crippen molar-refractivity contribution < 1.29 is 26.2 Å². The van der Waals surface area contributed by atoms with Crippen molar-refractivity contribution in [3.05, 3.63) is 29.3 Å². The molecule has 2 fully saturated rings. The Morgan fingerprint density at radius 2 is 1.38 bits per heavy atom. The maximum Gasteiger partial charge on any atom is 0.476 e. The number of rotatable bonds is 5. The van der Waals surface area contributed by atoms with Crippen molar-refractivity contribution in [1.82, 2.24) is 0 Å². The fourth-order valence-electron chi connectivity index (χ4n) is 5.39. The maximum atomic E-state index is 14.2.